The Hall–Kier alpha value is -1.14. The first-order chi connectivity index (χ1) is 10.1. The molecule has 3 N–H and O–H groups in total. The Kier molecular flexibility index (Phi) is 4.45. The fourth-order valence-electron chi connectivity index (χ4n) is 3.35. The van der Waals surface area contributed by atoms with Crippen LogP contribution in [-0.4, -0.2) is 48.2 Å². The van der Waals surface area contributed by atoms with Crippen LogP contribution in [0.5, 0.6) is 0 Å². The van der Waals surface area contributed by atoms with Crippen molar-refractivity contribution in [3.05, 3.63) is 0 Å². The molecule has 2 aliphatic heterocycles. The number of rotatable bonds is 3. The summed E-state index contributed by atoms with van der Waals surface area (Å²) in [5.74, 6) is 0.632. The minimum Gasteiger partial charge on any atom is -0.353 e. The van der Waals surface area contributed by atoms with Crippen LogP contribution in [0.1, 0.15) is 45.4 Å². The van der Waals surface area contributed by atoms with Crippen molar-refractivity contribution in [2.45, 2.75) is 63.8 Å². The van der Waals surface area contributed by atoms with Gasteiger partial charge in [0.2, 0.25) is 11.8 Å². The van der Waals surface area contributed by atoms with Gasteiger partial charge in [0.15, 0.2) is 0 Å². The molecule has 3 fully saturated rings. The molecule has 3 aliphatic rings. The Balaban J connectivity index is 1.44. The number of nitrogens with one attached hydrogen (secondary N) is 3. The number of hydrogen-bond donors (Lipinski definition) is 3. The van der Waals surface area contributed by atoms with Gasteiger partial charge in [-0.25, -0.2) is 0 Å². The molecule has 0 aromatic carbocycles. The molecule has 2 saturated heterocycles. The van der Waals surface area contributed by atoms with Crippen LogP contribution >= 0.6 is 0 Å². The first kappa shape index (κ1) is 14.8. The molecule has 2 amide bonds. The van der Waals surface area contributed by atoms with Crippen molar-refractivity contribution in [2.75, 3.05) is 13.1 Å². The van der Waals surface area contributed by atoms with E-state index >= 15 is 0 Å². The summed E-state index contributed by atoms with van der Waals surface area (Å²) in [4.78, 5) is 25.8. The second kappa shape index (κ2) is 6.32. The zero-order chi connectivity index (χ0) is 14.8. The molecule has 1 aliphatic carbocycles. The van der Waals surface area contributed by atoms with E-state index in [1.165, 1.54) is 6.42 Å². The van der Waals surface area contributed by atoms with Gasteiger partial charge < -0.3 is 10.6 Å². The third-order valence-electron chi connectivity index (χ3n) is 4.95. The van der Waals surface area contributed by atoms with Crippen molar-refractivity contribution in [1.29, 1.82) is 0 Å². The maximum atomic E-state index is 12.0. The molecule has 2 unspecified atom stereocenters. The van der Waals surface area contributed by atoms with E-state index in [1.54, 1.807) is 0 Å². The molecule has 21 heavy (non-hydrogen) atoms. The van der Waals surface area contributed by atoms with E-state index in [4.69, 9.17) is 0 Å². The summed E-state index contributed by atoms with van der Waals surface area (Å²) in [5, 5.41) is 9.60. The minimum atomic E-state index is -0.0514. The third kappa shape index (κ3) is 3.55. The van der Waals surface area contributed by atoms with Gasteiger partial charge in [-0.05, 0) is 32.6 Å². The number of piperidine rings is 1. The van der Waals surface area contributed by atoms with E-state index in [0.717, 1.165) is 38.8 Å². The Morgan fingerprint density at radius 3 is 2.52 bits per heavy atom. The molecule has 6 heteroatoms. The highest BCUT2D eigenvalue weighted by Crippen LogP contribution is 2.26. The lowest BCUT2D eigenvalue weighted by Crippen LogP contribution is -2.65. The van der Waals surface area contributed by atoms with Gasteiger partial charge in [0.25, 0.3) is 0 Å². The third-order valence-corrected chi connectivity index (χ3v) is 4.95. The van der Waals surface area contributed by atoms with Gasteiger partial charge in [0.1, 0.15) is 6.29 Å². The van der Waals surface area contributed by atoms with Crippen LogP contribution in [0, 0.1) is 5.92 Å². The maximum absolute atomic E-state index is 12.0. The second-order valence-electron chi connectivity index (χ2n) is 6.69. The lowest BCUT2D eigenvalue weighted by molar-refractivity contribution is -0.128. The van der Waals surface area contributed by atoms with Gasteiger partial charge in [-0.3, -0.25) is 19.8 Å². The molecule has 0 spiro atoms. The van der Waals surface area contributed by atoms with Crippen LogP contribution in [0.15, 0.2) is 0 Å². The van der Waals surface area contributed by atoms with Crippen molar-refractivity contribution < 1.29 is 9.59 Å². The quantitative estimate of drug-likeness (QED) is 0.693. The van der Waals surface area contributed by atoms with E-state index in [-0.39, 0.29) is 30.1 Å². The van der Waals surface area contributed by atoms with Crippen molar-refractivity contribution in [3.63, 3.8) is 0 Å². The molecule has 118 valence electrons. The summed E-state index contributed by atoms with van der Waals surface area (Å²) < 4.78 is 0. The molecular weight excluding hydrogens is 268 g/mol. The summed E-state index contributed by atoms with van der Waals surface area (Å²) in [6, 6.07) is 0.519. The van der Waals surface area contributed by atoms with Gasteiger partial charge in [-0.2, -0.15) is 0 Å². The van der Waals surface area contributed by atoms with Gasteiger partial charge in [0.05, 0.1) is 0 Å². The normalized spacial score (nSPS) is 32.3. The highest BCUT2D eigenvalue weighted by Gasteiger charge is 2.32. The predicted molar refractivity (Wildman–Crippen MR) is 79.2 cm³/mol. The van der Waals surface area contributed by atoms with Crippen LogP contribution in [0.2, 0.25) is 0 Å². The number of likely N-dealkylation sites (tertiary alicyclic amines) is 1. The second-order valence-corrected chi connectivity index (χ2v) is 6.69. The fourth-order valence-corrected chi connectivity index (χ4v) is 3.35. The molecular formula is C15H26N4O2. The van der Waals surface area contributed by atoms with Crippen LogP contribution in [0.3, 0.4) is 0 Å². The van der Waals surface area contributed by atoms with Crippen molar-refractivity contribution in [1.82, 2.24) is 20.9 Å². The van der Waals surface area contributed by atoms with Gasteiger partial charge in [-0.1, -0.05) is 6.42 Å². The van der Waals surface area contributed by atoms with E-state index in [9.17, 15) is 9.59 Å². The van der Waals surface area contributed by atoms with Crippen LogP contribution < -0.4 is 16.0 Å². The topological polar surface area (TPSA) is 73.5 Å². The average Bonchev–Trinajstić information content (AvgIpc) is 2.36. The number of hydrogen-bond acceptors (Lipinski definition) is 4. The summed E-state index contributed by atoms with van der Waals surface area (Å²) in [5.41, 5.74) is 0. The fraction of sp³-hybridized carbons (Fsp3) is 0.867. The molecule has 2 atom stereocenters. The summed E-state index contributed by atoms with van der Waals surface area (Å²) in [6.45, 7) is 3.85. The number of carbonyl (C=O) groups is 2. The van der Waals surface area contributed by atoms with Crippen LogP contribution in [0.4, 0.5) is 0 Å². The lowest BCUT2D eigenvalue weighted by atomic mass is 9.84. The first-order valence-electron chi connectivity index (χ1n) is 8.21. The van der Waals surface area contributed by atoms with E-state index < -0.39 is 0 Å². The Morgan fingerprint density at radius 1 is 1.24 bits per heavy atom. The van der Waals surface area contributed by atoms with Gasteiger partial charge in [-0.15, -0.1) is 0 Å². The standard InChI is InChI=1S/C15H26N4O2/c1-10-9-13(20)18-15(16-10)19-7-5-12(6-8-19)17-14(21)11-3-2-4-11/h10-12,15-16H,2-9H2,1H3,(H,17,21)(H,18,20). The molecule has 2 heterocycles. The highest BCUT2D eigenvalue weighted by molar-refractivity contribution is 5.79. The van der Waals surface area contributed by atoms with E-state index in [0.29, 0.717) is 12.5 Å². The van der Waals surface area contributed by atoms with E-state index in [2.05, 4.69) is 20.9 Å². The van der Waals surface area contributed by atoms with Crippen LogP contribution in [-0.2, 0) is 9.59 Å². The molecule has 0 bridgehead atoms. The number of amides is 2. The Morgan fingerprint density at radius 2 is 1.95 bits per heavy atom. The van der Waals surface area contributed by atoms with E-state index in [1.807, 2.05) is 6.92 Å². The largest absolute Gasteiger partial charge is 0.353 e. The maximum Gasteiger partial charge on any atom is 0.223 e. The molecule has 0 aromatic rings. The molecule has 6 nitrogen and oxygen atoms in total. The molecule has 0 aromatic heterocycles. The molecule has 0 radical (unpaired) electrons. The smallest absolute Gasteiger partial charge is 0.223 e. The van der Waals surface area contributed by atoms with Crippen molar-refractivity contribution in [2.24, 2.45) is 5.92 Å². The highest BCUT2D eigenvalue weighted by atomic mass is 16.2. The number of nitrogens with zero attached hydrogens (tertiary/aromatic N) is 1. The Labute approximate surface area is 126 Å². The van der Waals surface area contributed by atoms with Crippen molar-refractivity contribution >= 4 is 11.8 Å². The van der Waals surface area contributed by atoms with Gasteiger partial charge >= 0.3 is 0 Å². The molecule has 3 rings (SSSR count). The SMILES string of the molecule is CC1CC(=O)NC(N2CCC(NC(=O)C3CCC3)CC2)N1. The number of carbonyl (C=O) groups excluding carboxylic acids is 2. The lowest BCUT2D eigenvalue weighted by Gasteiger charge is -2.41. The van der Waals surface area contributed by atoms with Crippen molar-refractivity contribution in [3.8, 4) is 0 Å². The Bertz CT molecular complexity index is 402. The summed E-state index contributed by atoms with van der Waals surface area (Å²) in [6.07, 6.45) is 5.72. The summed E-state index contributed by atoms with van der Waals surface area (Å²) in [7, 11) is 0. The zero-order valence-electron chi connectivity index (χ0n) is 12.7. The monoisotopic (exact) mass is 294 g/mol. The van der Waals surface area contributed by atoms with Gasteiger partial charge in [0, 0.05) is 37.5 Å². The first-order valence-corrected chi connectivity index (χ1v) is 8.21. The van der Waals surface area contributed by atoms with Crippen LogP contribution in [0.25, 0.3) is 0 Å². The summed E-state index contributed by atoms with van der Waals surface area (Å²) >= 11 is 0. The predicted octanol–water partition coefficient (Wildman–Crippen LogP) is 0.149. The zero-order valence-corrected chi connectivity index (χ0v) is 12.7. The molecule has 1 saturated carbocycles. The average molecular weight is 294 g/mol. The minimum absolute atomic E-state index is 0.0514.